The van der Waals surface area contributed by atoms with E-state index in [9.17, 15) is 4.79 Å². The molecule has 7 heteroatoms. The summed E-state index contributed by atoms with van der Waals surface area (Å²) in [5.41, 5.74) is 1.99. The van der Waals surface area contributed by atoms with Crippen molar-refractivity contribution in [2.24, 2.45) is 5.92 Å². The van der Waals surface area contributed by atoms with Crippen molar-refractivity contribution in [3.8, 4) is 11.4 Å². The van der Waals surface area contributed by atoms with E-state index in [1.54, 1.807) is 0 Å². The van der Waals surface area contributed by atoms with Gasteiger partial charge in [-0.3, -0.25) is 4.79 Å². The quantitative estimate of drug-likeness (QED) is 0.635. The first-order chi connectivity index (χ1) is 13.8. The number of aryl methyl sites for hydroxylation is 1. The minimum atomic E-state index is 0.101. The molecule has 1 amide bonds. The molecule has 1 saturated heterocycles. The van der Waals surface area contributed by atoms with Crippen LogP contribution < -0.4 is 0 Å². The number of carbonyl (C=O) groups excluding carboxylic acids is 1. The molecule has 0 spiro atoms. The molecule has 0 saturated carbocycles. The maximum absolute atomic E-state index is 12.9. The van der Waals surface area contributed by atoms with Crippen LogP contribution in [0.15, 0.2) is 42.7 Å². The molecule has 1 aliphatic heterocycles. The molecule has 0 bridgehead atoms. The summed E-state index contributed by atoms with van der Waals surface area (Å²) in [6.45, 7) is 4.62. The van der Waals surface area contributed by atoms with Crippen molar-refractivity contribution in [2.45, 2.75) is 39.2 Å². The van der Waals surface area contributed by atoms with Gasteiger partial charge in [-0.2, -0.15) is 0 Å². The first-order valence-corrected chi connectivity index (χ1v) is 10.7. The maximum atomic E-state index is 12.9. The number of nitrogens with zero attached hydrogens (tertiary/aromatic N) is 5. The number of piperidine rings is 1. The molecule has 0 atom stereocenters. The van der Waals surface area contributed by atoms with Crippen molar-refractivity contribution >= 4 is 17.4 Å². The van der Waals surface area contributed by atoms with Gasteiger partial charge in [0.2, 0.25) is 0 Å². The van der Waals surface area contributed by atoms with Crippen LogP contribution in [0.3, 0.4) is 0 Å². The lowest BCUT2D eigenvalue weighted by Crippen LogP contribution is -2.39. The highest BCUT2D eigenvalue weighted by atomic mass is 32.1. The summed E-state index contributed by atoms with van der Waals surface area (Å²) in [4.78, 5) is 20.1. The summed E-state index contributed by atoms with van der Waals surface area (Å²) < 4.78 is 6.23. The maximum Gasteiger partial charge on any atom is 0.267 e. The van der Waals surface area contributed by atoms with Crippen molar-refractivity contribution in [3.63, 3.8) is 0 Å². The van der Waals surface area contributed by atoms with E-state index < -0.39 is 0 Å². The van der Waals surface area contributed by atoms with E-state index in [1.807, 2.05) is 29.3 Å². The summed E-state index contributed by atoms with van der Waals surface area (Å²) in [5, 5.41) is 4.14. The van der Waals surface area contributed by atoms with Crippen LogP contribution in [0, 0.1) is 5.92 Å². The lowest BCUT2D eigenvalue weighted by Gasteiger charge is -2.32. The predicted octanol–water partition coefficient (Wildman–Crippen LogP) is 3.91. The summed E-state index contributed by atoms with van der Waals surface area (Å²) in [5.74, 6) is 1.67. The zero-order chi connectivity index (χ0) is 19.3. The van der Waals surface area contributed by atoms with Crippen LogP contribution in [0.5, 0.6) is 0 Å². The van der Waals surface area contributed by atoms with Gasteiger partial charge in [-0.25, -0.2) is 4.98 Å². The predicted molar refractivity (Wildman–Crippen MR) is 110 cm³/mol. The fraction of sp³-hybridized carbons (Fsp3) is 0.429. The van der Waals surface area contributed by atoms with E-state index in [2.05, 4.69) is 44.4 Å². The average Bonchev–Trinajstić information content (AvgIpc) is 3.39. The highest BCUT2D eigenvalue weighted by molar-refractivity contribution is 7.08. The normalized spacial score (nSPS) is 15.1. The van der Waals surface area contributed by atoms with E-state index in [0.717, 1.165) is 67.3 Å². The fourth-order valence-electron chi connectivity index (χ4n) is 3.82. The smallest absolute Gasteiger partial charge is 0.267 e. The molecule has 0 unspecified atom stereocenters. The molecule has 28 heavy (non-hydrogen) atoms. The number of rotatable bonds is 6. The van der Waals surface area contributed by atoms with Gasteiger partial charge in [0.1, 0.15) is 10.7 Å². The molecule has 1 fully saturated rings. The minimum absolute atomic E-state index is 0.101. The first kappa shape index (κ1) is 18.8. The summed E-state index contributed by atoms with van der Waals surface area (Å²) in [7, 11) is 0. The monoisotopic (exact) mass is 395 g/mol. The molecule has 3 heterocycles. The summed E-state index contributed by atoms with van der Waals surface area (Å²) in [6, 6.07) is 10.3. The van der Waals surface area contributed by atoms with Crippen LogP contribution in [0.25, 0.3) is 11.4 Å². The van der Waals surface area contributed by atoms with Gasteiger partial charge in [-0.05, 0) is 36.7 Å². The largest absolute Gasteiger partial charge is 0.338 e. The minimum Gasteiger partial charge on any atom is -0.338 e. The van der Waals surface area contributed by atoms with E-state index in [4.69, 9.17) is 0 Å². The topological polar surface area (TPSA) is 63.9 Å². The molecular formula is C21H25N5OS. The molecule has 3 aromatic rings. The third-order valence-corrected chi connectivity index (χ3v) is 6.10. The zero-order valence-corrected chi connectivity index (χ0v) is 16.9. The van der Waals surface area contributed by atoms with Crippen molar-refractivity contribution in [1.29, 1.82) is 0 Å². The van der Waals surface area contributed by atoms with E-state index in [-0.39, 0.29) is 5.91 Å². The average molecular weight is 396 g/mol. The Morgan fingerprint density at radius 3 is 2.75 bits per heavy atom. The number of hydrogen-bond acceptors (Lipinski definition) is 5. The van der Waals surface area contributed by atoms with Gasteiger partial charge in [0.05, 0.1) is 5.69 Å². The number of imidazole rings is 1. The Labute approximate surface area is 169 Å². The Balaban J connectivity index is 1.37. The van der Waals surface area contributed by atoms with Crippen molar-refractivity contribution in [3.05, 3.63) is 53.3 Å². The Morgan fingerprint density at radius 2 is 2.00 bits per heavy atom. The molecular weight excluding hydrogens is 370 g/mol. The fourth-order valence-corrected chi connectivity index (χ4v) is 4.49. The second-order valence-electron chi connectivity index (χ2n) is 7.30. The molecule has 1 aromatic carbocycles. The Morgan fingerprint density at radius 1 is 1.21 bits per heavy atom. The molecule has 0 N–H and O–H groups in total. The van der Waals surface area contributed by atoms with Gasteiger partial charge >= 0.3 is 0 Å². The van der Waals surface area contributed by atoms with Crippen molar-refractivity contribution < 1.29 is 4.79 Å². The van der Waals surface area contributed by atoms with Gasteiger partial charge in [-0.1, -0.05) is 48.2 Å². The number of benzene rings is 1. The van der Waals surface area contributed by atoms with E-state index in [0.29, 0.717) is 5.92 Å². The second-order valence-corrected chi connectivity index (χ2v) is 8.06. The molecule has 2 aromatic heterocycles. The lowest BCUT2D eigenvalue weighted by molar-refractivity contribution is 0.0686. The molecule has 4 rings (SSSR count). The van der Waals surface area contributed by atoms with Gasteiger partial charge in [0, 0.05) is 37.6 Å². The molecule has 1 aliphatic rings. The molecule has 6 nitrogen and oxygen atoms in total. The second kappa shape index (κ2) is 8.65. The Kier molecular flexibility index (Phi) is 5.81. The molecule has 146 valence electrons. The van der Waals surface area contributed by atoms with E-state index in [1.165, 1.54) is 11.5 Å². The third-order valence-electron chi connectivity index (χ3n) is 5.34. The van der Waals surface area contributed by atoms with Gasteiger partial charge < -0.3 is 9.47 Å². The van der Waals surface area contributed by atoms with Crippen molar-refractivity contribution in [2.75, 3.05) is 13.1 Å². The standard InChI is InChI=1S/C21H25N5OS/c1-2-6-18-19(28-24-23-18)21(27)25-12-9-16(10-13-25)15-26-14-11-22-20(26)17-7-4-3-5-8-17/h3-5,7-8,11,14,16H,2,6,9-10,12-13,15H2,1H3. The number of amides is 1. The lowest BCUT2D eigenvalue weighted by atomic mass is 9.96. The highest BCUT2D eigenvalue weighted by Gasteiger charge is 2.27. The highest BCUT2D eigenvalue weighted by Crippen LogP contribution is 2.25. The SMILES string of the molecule is CCCc1nnsc1C(=O)N1CCC(Cn2ccnc2-c2ccccc2)CC1. The van der Waals surface area contributed by atoms with E-state index >= 15 is 0 Å². The number of likely N-dealkylation sites (tertiary alicyclic amines) is 1. The third kappa shape index (κ3) is 3.99. The number of aromatic nitrogens is 4. The first-order valence-electron chi connectivity index (χ1n) is 9.93. The van der Waals surface area contributed by atoms with Crippen LogP contribution in [0.1, 0.15) is 41.6 Å². The van der Waals surface area contributed by atoms with Crippen LogP contribution >= 0.6 is 11.5 Å². The zero-order valence-electron chi connectivity index (χ0n) is 16.1. The van der Waals surface area contributed by atoms with Crippen LogP contribution in [0.2, 0.25) is 0 Å². The number of carbonyl (C=O) groups is 1. The van der Waals surface area contributed by atoms with Gasteiger partial charge in [0.15, 0.2) is 0 Å². The molecule has 0 radical (unpaired) electrons. The Bertz CT molecular complexity index is 912. The van der Waals surface area contributed by atoms with Crippen molar-refractivity contribution in [1.82, 2.24) is 24.0 Å². The Hall–Kier alpha value is -2.54. The number of hydrogen-bond donors (Lipinski definition) is 0. The summed E-state index contributed by atoms with van der Waals surface area (Å²) >= 11 is 1.23. The molecule has 0 aliphatic carbocycles. The van der Waals surface area contributed by atoms with Crippen LogP contribution in [-0.2, 0) is 13.0 Å². The van der Waals surface area contributed by atoms with Gasteiger partial charge in [-0.15, -0.1) is 5.10 Å². The van der Waals surface area contributed by atoms with Crippen LogP contribution in [0.4, 0.5) is 0 Å². The van der Waals surface area contributed by atoms with Gasteiger partial charge in [0.25, 0.3) is 5.91 Å². The van der Waals surface area contributed by atoms with Crippen LogP contribution in [-0.4, -0.2) is 43.0 Å². The summed E-state index contributed by atoms with van der Waals surface area (Å²) in [6.07, 6.45) is 7.73.